The topological polar surface area (TPSA) is 35.2 Å². The summed E-state index contributed by atoms with van der Waals surface area (Å²) in [5.74, 6) is 0.890. The van der Waals surface area contributed by atoms with E-state index in [1.165, 1.54) is 12.8 Å². The van der Waals surface area contributed by atoms with Crippen LogP contribution in [0.2, 0.25) is 0 Å². The molecule has 2 N–H and O–H groups in total. The summed E-state index contributed by atoms with van der Waals surface area (Å²) in [5, 5.41) is 0. The van der Waals surface area contributed by atoms with Gasteiger partial charge in [0.25, 0.3) is 0 Å². The molecule has 0 amide bonds. The van der Waals surface area contributed by atoms with Crippen LogP contribution in [0.15, 0.2) is 28.7 Å². The van der Waals surface area contributed by atoms with E-state index in [-0.39, 0.29) is 5.54 Å². The summed E-state index contributed by atoms with van der Waals surface area (Å²) in [6.45, 7) is 0.628. The zero-order valence-corrected chi connectivity index (χ0v) is 10.3. The first-order valence-electron chi connectivity index (χ1n) is 5.35. The average Bonchev–Trinajstić information content (AvgIpc) is 2.63. The number of nitrogens with two attached hydrogens (primary N) is 1. The van der Waals surface area contributed by atoms with E-state index in [0.29, 0.717) is 6.61 Å². The van der Waals surface area contributed by atoms with Crippen molar-refractivity contribution in [2.75, 3.05) is 6.61 Å². The molecule has 0 atom stereocenters. The first-order chi connectivity index (χ1) is 7.18. The van der Waals surface area contributed by atoms with E-state index in [1.54, 1.807) is 0 Å². The minimum absolute atomic E-state index is 0.0949. The third kappa shape index (κ3) is 2.95. The summed E-state index contributed by atoms with van der Waals surface area (Å²) < 4.78 is 6.76. The SMILES string of the molecule is NC1(COc2cccc(Br)c2)CCCC1. The van der Waals surface area contributed by atoms with Crippen molar-refractivity contribution in [1.82, 2.24) is 0 Å². The fourth-order valence-corrected chi connectivity index (χ4v) is 2.39. The van der Waals surface area contributed by atoms with Gasteiger partial charge in [0, 0.05) is 4.47 Å². The Hall–Kier alpha value is -0.540. The lowest BCUT2D eigenvalue weighted by Crippen LogP contribution is -2.42. The largest absolute Gasteiger partial charge is 0.492 e. The zero-order chi connectivity index (χ0) is 10.7. The second-order valence-electron chi connectivity index (χ2n) is 4.32. The summed E-state index contributed by atoms with van der Waals surface area (Å²) in [6.07, 6.45) is 4.64. The van der Waals surface area contributed by atoms with Gasteiger partial charge in [0.15, 0.2) is 0 Å². The Balaban J connectivity index is 1.92. The van der Waals surface area contributed by atoms with Gasteiger partial charge >= 0.3 is 0 Å². The van der Waals surface area contributed by atoms with E-state index in [9.17, 15) is 0 Å². The first kappa shape index (κ1) is 11.0. The molecule has 1 aliphatic carbocycles. The molecule has 0 saturated heterocycles. The van der Waals surface area contributed by atoms with Crippen LogP contribution in [0.4, 0.5) is 0 Å². The normalized spacial score (nSPS) is 19.1. The lowest BCUT2D eigenvalue weighted by molar-refractivity contribution is 0.220. The molecule has 0 aromatic heterocycles. The second kappa shape index (κ2) is 4.54. The van der Waals surface area contributed by atoms with Gasteiger partial charge in [0.1, 0.15) is 12.4 Å². The van der Waals surface area contributed by atoms with Crippen LogP contribution in [0.1, 0.15) is 25.7 Å². The molecule has 0 bridgehead atoms. The summed E-state index contributed by atoms with van der Waals surface area (Å²) in [7, 11) is 0. The van der Waals surface area contributed by atoms with E-state index in [2.05, 4.69) is 15.9 Å². The third-order valence-electron chi connectivity index (χ3n) is 2.92. The third-order valence-corrected chi connectivity index (χ3v) is 3.41. The van der Waals surface area contributed by atoms with E-state index in [1.807, 2.05) is 24.3 Å². The highest BCUT2D eigenvalue weighted by Crippen LogP contribution is 2.28. The van der Waals surface area contributed by atoms with Crippen molar-refractivity contribution in [3.63, 3.8) is 0 Å². The number of rotatable bonds is 3. The molecule has 1 aromatic carbocycles. The quantitative estimate of drug-likeness (QED) is 0.916. The van der Waals surface area contributed by atoms with Crippen LogP contribution in [0.3, 0.4) is 0 Å². The molecule has 15 heavy (non-hydrogen) atoms. The van der Waals surface area contributed by atoms with E-state index < -0.39 is 0 Å². The monoisotopic (exact) mass is 269 g/mol. The number of hydrogen-bond donors (Lipinski definition) is 1. The summed E-state index contributed by atoms with van der Waals surface area (Å²) >= 11 is 3.42. The highest BCUT2D eigenvalue weighted by molar-refractivity contribution is 9.10. The molecule has 0 radical (unpaired) electrons. The summed E-state index contributed by atoms with van der Waals surface area (Å²) in [5.41, 5.74) is 6.11. The van der Waals surface area contributed by atoms with Crippen LogP contribution in [0, 0.1) is 0 Å². The Morgan fingerprint density at radius 2 is 2.07 bits per heavy atom. The second-order valence-corrected chi connectivity index (χ2v) is 5.23. The lowest BCUT2D eigenvalue weighted by Gasteiger charge is -2.23. The maximum Gasteiger partial charge on any atom is 0.120 e. The van der Waals surface area contributed by atoms with Crippen molar-refractivity contribution >= 4 is 15.9 Å². The highest BCUT2D eigenvalue weighted by atomic mass is 79.9. The minimum Gasteiger partial charge on any atom is -0.492 e. The van der Waals surface area contributed by atoms with E-state index in [4.69, 9.17) is 10.5 Å². The van der Waals surface area contributed by atoms with Gasteiger partial charge in [-0.15, -0.1) is 0 Å². The highest BCUT2D eigenvalue weighted by Gasteiger charge is 2.29. The molecule has 0 aliphatic heterocycles. The fourth-order valence-electron chi connectivity index (χ4n) is 2.01. The molecule has 0 unspecified atom stereocenters. The molecule has 1 saturated carbocycles. The Bertz CT molecular complexity index is 334. The van der Waals surface area contributed by atoms with Crippen molar-refractivity contribution in [1.29, 1.82) is 0 Å². The van der Waals surface area contributed by atoms with Gasteiger partial charge < -0.3 is 10.5 Å². The first-order valence-corrected chi connectivity index (χ1v) is 6.15. The van der Waals surface area contributed by atoms with Crippen LogP contribution >= 0.6 is 15.9 Å². The van der Waals surface area contributed by atoms with E-state index >= 15 is 0 Å². The predicted molar refractivity (Wildman–Crippen MR) is 65.0 cm³/mol. The lowest BCUT2D eigenvalue weighted by atomic mass is 10.0. The van der Waals surface area contributed by atoms with Crippen molar-refractivity contribution in [3.05, 3.63) is 28.7 Å². The van der Waals surface area contributed by atoms with Crippen LogP contribution in [-0.2, 0) is 0 Å². The number of ether oxygens (including phenoxy) is 1. The maximum absolute atomic E-state index is 6.21. The van der Waals surface area contributed by atoms with Gasteiger partial charge in [-0.25, -0.2) is 0 Å². The molecule has 1 aliphatic rings. The minimum atomic E-state index is -0.0949. The van der Waals surface area contributed by atoms with Crippen molar-refractivity contribution < 1.29 is 4.74 Å². The number of benzene rings is 1. The standard InChI is InChI=1S/C12H16BrNO/c13-10-4-3-5-11(8-10)15-9-12(14)6-1-2-7-12/h3-5,8H,1-2,6-7,9,14H2. The van der Waals surface area contributed by atoms with Crippen LogP contribution in [0.25, 0.3) is 0 Å². The van der Waals surface area contributed by atoms with Crippen molar-refractivity contribution in [2.24, 2.45) is 5.73 Å². The molecule has 2 nitrogen and oxygen atoms in total. The van der Waals surface area contributed by atoms with Gasteiger partial charge in [0.05, 0.1) is 5.54 Å². The molecular formula is C12H16BrNO. The molecule has 82 valence electrons. The molecule has 3 heteroatoms. The smallest absolute Gasteiger partial charge is 0.120 e. The summed E-state index contributed by atoms with van der Waals surface area (Å²) in [6, 6.07) is 7.89. The average molecular weight is 270 g/mol. The molecule has 2 rings (SSSR count). The Morgan fingerprint density at radius 1 is 1.33 bits per heavy atom. The van der Waals surface area contributed by atoms with Crippen LogP contribution < -0.4 is 10.5 Å². The van der Waals surface area contributed by atoms with Gasteiger partial charge in [-0.3, -0.25) is 0 Å². The molecule has 0 heterocycles. The maximum atomic E-state index is 6.21. The molecule has 1 aromatic rings. The van der Waals surface area contributed by atoms with Crippen LogP contribution in [-0.4, -0.2) is 12.1 Å². The van der Waals surface area contributed by atoms with Gasteiger partial charge in [-0.1, -0.05) is 34.8 Å². The van der Waals surface area contributed by atoms with Gasteiger partial charge in [-0.2, -0.15) is 0 Å². The number of hydrogen-bond acceptors (Lipinski definition) is 2. The van der Waals surface area contributed by atoms with Crippen LogP contribution in [0.5, 0.6) is 5.75 Å². The molecular weight excluding hydrogens is 254 g/mol. The summed E-state index contributed by atoms with van der Waals surface area (Å²) in [4.78, 5) is 0. The van der Waals surface area contributed by atoms with E-state index in [0.717, 1.165) is 23.1 Å². The molecule has 0 spiro atoms. The molecule has 1 fully saturated rings. The zero-order valence-electron chi connectivity index (χ0n) is 8.71. The van der Waals surface area contributed by atoms with Crippen molar-refractivity contribution in [2.45, 2.75) is 31.2 Å². The fraction of sp³-hybridized carbons (Fsp3) is 0.500. The van der Waals surface area contributed by atoms with Gasteiger partial charge in [0.2, 0.25) is 0 Å². The number of halogens is 1. The van der Waals surface area contributed by atoms with Gasteiger partial charge in [-0.05, 0) is 31.0 Å². The van der Waals surface area contributed by atoms with Crippen molar-refractivity contribution in [3.8, 4) is 5.75 Å². The predicted octanol–water partition coefficient (Wildman–Crippen LogP) is 3.10. The Kier molecular flexibility index (Phi) is 3.32. The Labute approximate surface area is 98.9 Å². The Morgan fingerprint density at radius 3 is 2.73 bits per heavy atom.